The Morgan fingerprint density at radius 3 is 2.33 bits per heavy atom. The zero-order valence-corrected chi connectivity index (χ0v) is 9.91. The minimum Gasteiger partial charge on any atom is -0.618 e. The molecule has 0 fully saturated rings. The molecule has 2 aromatic carbocycles. The molecule has 0 bridgehead atoms. The molecule has 3 rings (SSSR count). The molecular weight excluding hydrogens is 222 g/mol. The summed E-state index contributed by atoms with van der Waals surface area (Å²) in [7, 11) is 0. The van der Waals surface area contributed by atoms with Gasteiger partial charge in [-0.1, -0.05) is 42.5 Å². The molecule has 1 aromatic heterocycles. The van der Waals surface area contributed by atoms with E-state index in [1.807, 2.05) is 66.7 Å². The molecule has 0 atom stereocenters. The summed E-state index contributed by atoms with van der Waals surface area (Å²) in [6.07, 6.45) is 0.662. The van der Waals surface area contributed by atoms with Gasteiger partial charge < -0.3 is 5.21 Å². The van der Waals surface area contributed by atoms with Crippen molar-refractivity contribution in [2.45, 2.75) is 6.42 Å². The Balaban J connectivity index is 2.05. The van der Waals surface area contributed by atoms with Crippen LogP contribution in [0.3, 0.4) is 0 Å². The van der Waals surface area contributed by atoms with Gasteiger partial charge in [0.15, 0.2) is 5.69 Å². The highest BCUT2D eigenvalue weighted by Gasteiger charge is 2.10. The number of hydrogen-bond acceptors (Lipinski definition) is 1. The molecule has 0 radical (unpaired) electrons. The largest absolute Gasteiger partial charge is 0.618 e. The van der Waals surface area contributed by atoms with E-state index >= 15 is 0 Å². The van der Waals surface area contributed by atoms with E-state index in [0.29, 0.717) is 6.42 Å². The number of pyridine rings is 1. The molecule has 0 N–H and O–H groups in total. The van der Waals surface area contributed by atoms with E-state index in [2.05, 4.69) is 0 Å². The minimum absolute atomic E-state index is 0.662. The molecule has 2 heteroatoms. The summed E-state index contributed by atoms with van der Waals surface area (Å²) in [5.41, 5.74) is 2.66. The molecule has 0 aliphatic heterocycles. The van der Waals surface area contributed by atoms with Crippen molar-refractivity contribution < 1.29 is 4.73 Å². The number of fused-ring (bicyclic) bond motifs is 1. The van der Waals surface area contributed by atoms with Crippen molar-refractivity contribution in [2.24, 2.45) is 0 Å². The first kappa shape index (κ1) is 10.8. The van der Waals surface area contributed by atoms with Crippen molar-refractivity contribution in [1.29, 1.82) is 0 Å². The van der Waals surface area contributed by atoms with Gasteiger partial charge in [0.1, 0.15) is 0 Å². The van der Waals surface area contributed by atoms with E-state index in [-0.39, 0.29) is 0 Å². The van der Waals surface area contributed by atoms with Gasteiger partial charge in [0.25, 0.3) is 0 Å². The van der Waals surface area contributed by atoms with Crippen LogP contribution in [0.15, 0.2) is 66.7 Å². The highest BCUT2D eigenvalue weighted by Crippen LogP contribution is 2.12. The van der Waals surface area contributed by atoms with Crippen molar-refractivity contribution in [3.8, 4) is 0 Å². The molecule has 0 spiro atoms. The van der Waals surface area contributed by atoms with E-state index in [4.69, 9.17) is 0 Å². The summed E-state index contributed by atoms with van der Waals surface area (Å²) in [4.78, 5) is 0. The van der Waals surface area contributed by atoms with Crippen LogP contribution in [0.1, 0.15) is 11.3 Å². The lowest BCUT2D eigenvalue weighted by atomic mass is 10.1. The Hall–Kier alpha value is -2.35. The first-order valence-corrected chi connectivity index (χ1v) is 5.99. The van der Waals surface area contributed by atoms with Crippen LogP contribution >= 0.6 is 0 Å². The SMILES string of the molecule is [O-][n+]1c(Cc2ccccc2)ccc2ccccc21. The van der Waals surface area contributed by atoms with E-state index in [1.54, 1.807) is 0 Å². The van der Waals surface area contributed by atoms with Crippen LogP contribution in [-0.4, -0.2) is 0 Å². The Labute approximate surface area is 106 Å². The Bertz CT molecular complexity index is 677. The number of aromatic nitrogens is 1. The fourth-order valence-electron chi connectivity index (χ4n) is 2.16. The maximum absolute atomic E-state index is 12.2. The normalized spacial score (nSPS) is 10.7. The molecule has 88 valence electrons. The summed E-state index contributed by atoms with van der Waals surface area (Å²) in [5, 5.41) is 13.2. The second kappa shape index (κ2) is 4.49. The van der Waals surface area contributed by atoms with Crippen LogP contribution in [0.4, 0.5) is 0 Å². The number of para-hydroxylation sites is 1. The molecule has 0 aliphatic rings. The van der Waals surface area contributed by atoms with Gasteiger partial charge in [0.2, 0.25) is 5.52 Å². The first-order valence-electron chi connectivity index (χ1n) is 5.99. The van der Waals surface area contributed by atoms with Crippen molar-refractivity contribution in [3.05, 3.63) is 83.2 Å². The monoisotopic (exact) mass is 235 g/mol. The van der Waals surface area contributed by atoms with E-state index < -0.39 is 0 Å². The highest BCUT2D eigenvalue weighted by molar-refractivity contribution is 5.75. The van der Waals surface area contributed by atoms with Crippen LogP contribution in [-0.2, 0) is 6.42 Å². The van der Waals surface area contributed by atoms with Gasteiger partial charge in [0, 0.05) is 17.5 Å². The lowest BCUT2D eigenvalue weighted by Gasteiger charge is -2.07. The number of nitrogens with zero attached hydrogens (tertiary/aromatic N) is 1. The molecule has 0 unspecified atom stereocenters. The molecule has 0 amide bonds. The Kier molecular flexibility index (Phi) is 2.69. The first-order chi connectivity index (χ1) is 8.84. The molecule has 0 aliphatic carbocycles. The number of rotatable bonds is 2. The third-order valence-corrected chi connectivity index (χ3v) is 3.10. The summed E-state index contributed by atoms with van der Waals surface area (Å²) >= 11 is 0. The van der Waals surface area contributed by atoms with Gasteiger partial charge in [0.05, 0.1) is 6.42 Å². The summed E-state index contributed by atoms with van der Waals surface area (Å²) in [5.74, 6) is 0. The summed E-state index contributed by atoms with van der Waals surface area (Å²) in [6, 6.07) is 21.6. The van der Waals surface area contributed by atoms with Crippen LogP contribution in [0.5, 0.6) is 0 Å². The predicted molar refractivity (Wildman–Crippen MR) is 72.2 cm³/mol. The molecule has 3 aromatic rings. The molecule has 0 saturated carbocycles. The Morgan fingerprint density at radius 1 is 0.778 bits per heavy atom. The molecule has 2 nitrogen and oxygen atoms in total. The lowest BCUT2D eigenvalue weighted by Crippen LogP contribution is -2.32. The average Bonchev–Trinajstić information content (AvgIpc) is 2.43. The number of hydrogen-bond donors (Lipinski definition) is 0. The maximum atomic E-state index is 12.2. The van der Waals surface area contributed by atoms with E-state index in [1.165, 1.54) is 0 Å². The molecular formula is C16H13NO. The van der Waals surface area contributed by atoms with Gasteiger partial charge in [-0.15, -0.1) is 0 Å². The summed E-state index contributed by atoms with van der Waals surface area (Å²) < 4.78 is 1.03. The van der Waals surface area contributed by atoms with Crippen molar-refractivity contribution >= 4 is 10.9 Å². The topological polar surface area (TPSA) is 26.9 Å². The van der Waals surface area contributed by atoms with Crippen LogP contribution < -0.4 is 4.73 Å². The third-order valence-electron chi connectivity index (χ3n) is 3.10. The van der Waals surface area contributed by atoms with Crippen LogP contribution in [0, 0.1) is 5.21 Å². The van der Waals surface area contributed by atoms with E-state index in [9.17, 15) is 5.21 Å². The quantitative estimate of drug-likeness (QED) is 0.495. The van der Waals surface area contributed by atoms with Crippen LogP contribution in [0.2, 0.25) is 0 Å². The van der Waals surface area contributed by atoms with Crippen molar-refractivity contribution in [1.82, 2.24) is 0 Å². The lowest BCUT2D eigenvalue weighted by molar-refractivity contribution is -0.585. The summed E-state index contributed by atoms with van der Waals surface area (Å²) in [6.45, 7) is 0. The fourth-order valence-corrected chi connectivity index (χ4v) is 2.16. The van der Waals surface area contributed by atoms with Gasteiger partial charge in [-0.3, -0.25) is 0 Å². The van der Waals surface area contributed by atoms with Gasteiger partial charge in [-0.25, -0.2) is 0 Å². The zero-order chi connectivity index (χ0) is 12.4. The highest BCUT2D eigenvalue weighted by atomic mass is 16.5. The van der Waals surface area contributed by atoms with Gasteiger partial charge >= 0.3 is 0 Å². The number of benzene rings is 2. The van der Waals surface area contributed by atoms with Gasteiger partial charge in [-0.2, -0.15) is 4.73 Å². The van der Waals surface area contributed by atoms with Crippen LogP contribution in [0.25, 0.3) is 10.9 Å². The van der Waals surface area contributed by atoms with Crippen molar-refractivity contribution in [2.75, 3.05) is 0 Å². The molecule has 0 saturated heterocycles. The second-order valence-corrected chi connectivity index (χ2v) is 4.34. The van der Waals surface area contributed by atoms with Gasteiger partial charge in [-0.05, 0) is 17.7 Å². The smallest absolute Gasteiger partial charge is 0.223 e. The third kappa shape index (κ3) is 1.93. The minimum atomic E-state index is 0.662. The fraction of sp³-hybridized carbons (Fsp3) is 0.0625. The Morgan fingerprint density at radius 2 is 1.50 bits per heavy atom. The predicted octanol–water partition coefficient (Wildman–Crippen LogP) is 3.06. The zero-order valence-electron chi connectivity index (χ0n) is 9.91. The molecule has 1 heterocycles. The van der Waals surface area contributed by atoms with Crippen molar-refractivity contribution in [3.63, 3.8) is 0 Å². The molecule has 18 heavy (non-hydrogen) atoms. The average molecular weight is 235 g/mol. The van der Waals surface area contributed by atoms with E-state index in [0.717, 1.165) is 26.9 Å². The standard InChI is InChI=1S/C16H13NO/c18-17-15(12-13-6-2-1-3-7-13)11-10-14-8-4-5-9-16(14)17/h1-11H,12H2. The maximum Gasteiger partial charge on any atom is 0.223 e. The second-order valence-electron chi connectivity index (χ2n) is 4.34.